The fourth-order valence-corrected chi connectivity index (χ4v) is 5.12. The molecule has 0 amide bonds. The number of rotatable bonds is 6. The van der Waals surface area contributed by atoms with E-state index in [4.69, 9.17) is 9.98 Å². The Morgan fingerprint density at radius 1 is 1.13 bits per heavy atom. The number of thiazole rings is 1. The first-order chi connectivity index (χ1) is 14.3. The van der Waals surface area contributed by atoms with E-state index in [1.165, 1.54) is 41.3 Å². The standard InChI is InChI=1S/C21H31N7S.HI/c1-2-22-20(27-13-15-28(16-14-27)21-24-11-6-12-25-21)23-10-5-9-19-26-17-7-3-4-8-18(17)29-19;/h6,11-12H,2-5,7-10,13-16H2,1H3,(H,22,23);1H. The molecule has 1 saturated heterocycles. The SMILES string of the molecule is CCNC(=NCCCc1nc2c(s1)CCCC2)N1CCN(c2ncccn2)CC1.I. The fraction of sp³-hybridized carbons (Fsp3) is 0.619. The summed E-state index contributed by atoms with van der Waals surface area (Å²) in [4.78, 5) is 24.6. The Labute approximate surface area is 200 Å². The largest absolute Gasteiger partial charge is 0.357 e. The minimum absolute atomic E-state index is 0. The van der Waals surface area contributed by atoms with E-state index in [9.17, 15) is 0 Å². The van der Waals surface area contributed by atoms with E-state index in [1.807, 2.05) is 17.4 Å². The molecule has 164 valence electrons. The Morgan fingerprint density at radius 3 is 2.63 bits per heavy atom. The second-order valence-electron chi connectivity index (χ2n) is 7.55. The average molecular weight is 542 g/mol. The highest BCUT2D eigenvalue weighted by Gasteiger charge is 2.21. The van der Waals surface area contributed by atoms with Gasteiger partial charge in [-0.15, -0.1) is 35.3 Å². The normalized spacial score (nSPS) is 16.8. The van der Waals surface area contributed by atoms with Gasteiger partial charge in [-0.3, -0.25) is 4.99 Å². The number of halogens is 1. The summed E-state index contributed by atoms with van der Waals surface area (Å²) in [6, 6.07) is 1.86. The Balaban J connectivity index is 0.00000256. The second kappa shape index (κ2) is 11.8. The summed E-state index contributed by atoms with van der Waals surface area (Å²) in [7, 11) is 0. The van der Waals surface area contributed by atoms with Crippen molar-refractivity contribution in [2.75, 3.05) is 44.2 Å². The van der Waals surface area contributed by atoms with Gasteiger partial charge >= 0.3 is 0 Å². The maximum atomic E-state index is 4.89. The number of nitrogens with one attached hydrogen (secondary N) is 1. The number of anilines is 1. The maximum Gasteiger partial charge on any atom is 0.225 e. The lowest BCUT2D eigenvalue weighted by atomic mass is 10.0. The van der Waals surface area contributed by atoms with Gasteiger partial charge in [-0.2, -0.15) is 0 Å². The van der Waals surface area contributed by atoms with Gasteiger partial charge in [0.05, 0.1) is 10.7 Å². The molecule has 1 N–H and O–H groups in total. The number of hydrogen-bond donors (Lipinski definition) is 1. The Hall–Kier alpha value is -1.49. The molecule has 30 heavy (non-hydrogen) atoms. The molecule has 0 unspecified atom stereocenters. The number of nitrogens with zero attached hydrogens (tertiary/aromatic N) is 6. The van der Waals surface area contributed by atoms with Gasteiger partial charge in [-0.1, -0.05) is 0 Å². The number of fused-ring (bicyclic) bond motifs is 1. The number of guanidine groups is 1. The minimum atomic E-state index is 0. The van der Waals surface area contributed by atoms with Crippen molar-refractivity contribution in [3.63, 3.8) is 0 Å². The van der Waals surface area contributed by atoms with Crippen LogP contribution in [0.2, 0.25) is 0 Å². The van der Waals surface area contributed by atoms with Crippen LogP contribution in [0.25, 0.3) is 0 Å². The molecule has 3 heterocycles. The van der Waals surface area contributed by atoms with Crippen LogP contribution < -0.4 is 10.2 Å². The molecule has 1 aliphatic heterocycles. The van der Waals surface area contributed by atoms with Crippen molar-refractivity contribution in [1.29, 1.82) is 0 Å². The van der Waals surface area contributed by atoms with Crippen LogP contribution >= 0.6 is 35.3 Å². The van der Waals surface area contributed by atoms with Gasteiger partial charge in [0.1, 0.15) is 0 Å². The third-order valence-corrected chi connectivity index (χ3v) is 6.67. The van der Waals surface area contributed by atoms with Gasteiger partial charge in [0, 0.05) is 63.0 Å². The van der Waals surface area contributed by atoms with Crippen molar-refractivity contribution >= 4 is 47.2 Å². The number of hydrogen-bond acceptors (Lipinski definition) is 6. The first-order valence-corrected chi connectivity index (χ1v) is 11.7. The molecule has 0 radical (unpaired) electrons. The Bertz CT molecular complexity index is 779. The molecule has 0 spiro atoms. The first kappa shape index (κ1) is 23.2. The van der Waals surface area contributed by atoms with Crippen molar-refractivity contribution in [3.05, 3.63) is 34.0 Å². The van der Waals surface area contributed by atoms with Gasteiger partial charge in [-0.05, 0) is 45.1 Å². The Kier molecular flexibility index (Phi) is 9.10. The molecule has 0 saturated carbocycles. The van der Waals surface area contributed by atoms with Crippen LogP contribution in [0.5, 0.6) is 0 Å². The molecule has 2 aromatic rings. The summed E-state index contributed by atoms with van der Waals surface area (Å²) >= 11 is 1.93. The molecule has 0 aromatic carbocycles. The summed E-state index contributed by atoms with van der Waals surface area (Å²) in [5.74, 6) is 1.85. The monoisotopic (exact) mass is 541 g/mol. The van der Waals surface area contributed by atoms with E-state index in [2.05, 4.69) is 32.0 Å². The van der Waals surface area contributed by atoms with Crippen molar-refractivity contribution in [2.24, 2.45) is 4.99 Å². The van der Waals surface area contributed by atoms with Crippen molar-refractivity contribution in [3.8, 4) is 0 Å². The third-order valence-electron chi connectivity index (χ3n) is 5.45. The summed E-state index contributed by atoms with van der Waals surface area (Å²) in [5, 5.41) is 4.76. The molecule has 1 aliphatic carbocycles. The first-order valence-electron chi connectivity index (χ1n) is 10.9. The minimum Gasteiger partial charge on any atom is -0.357 e. The zero-order chi connectivity index (χ0) is 19.9. The number of aromatic nitrogens is 3. The quantitative estimate of drug-likeness (QED) is 0.262. The fourth-order valence-electron chi connectivity index (χ4n) is 3.93. The zero-order valence-electron chi connectivity index (χ0n) is 17.7. The van der Waals surface area contributed by atoms with E-state index < -0.39 is 0 Å². The summed E-state index contributed by atoms with van der Waals surface area (Å²) < 4.78 is 0. The Morgan fingerprint density at radius 2 is 1.90 bits per heavy atom. The molecule has 1 fully saturated rings. The average Bonchev–Trinajstić information content (AvgIpc) is 3.19. The highest BCUT2D eigenvalue weighted by Crippen LogP contribution is 2.27. The summed E-state index contributed by atoms with van der Waals surface area (Å²) in [5.41, 5.74) is 1.37. The molecule has 0 atom stereocenters. The topological polar surface area (TPSA) is 69.5 Å². The molecule has 7 nitrogen and oxygen atoms in total. The van der Waals surface area contributed by atoms with E-state index >= 15 is 0 Å². The van der Waals surface area contributed by atoms with Gasteiger partial charge in [0.25, 0.3) is 0 Å². The van der Waals surface area contributed by atoms with E-state index in [1.54, 1.807) is 12.4 Å². The molecule has 0 bridgehead atoms. The summed E-state index contributed by atoms with van der Waals surface area (Å²) in [6.07, 6.45) is 10.7. The van der Waals surface area contributed by atoms with E-state index in [-0.39, 0.29) is 24.0 Å². The molecule has 2 aliphatic rings. The molecule has 2 aromatic heterocycles. The lowest BCUT2D eigenvalue weighted by Gasteiger charge is -2.36. The van der Waals surface area contributed by atoms with Gasteiger partial charge in [-0.25, -0.2) is 15.0 Å². The van der Waals surface area contributed by atoms with Gasteiger partial charge in [0.15, 0.2) is 5.96 Å². The lowest BCUT2D eigenvalue weighted by molar-refractivity contribution is 0.370. The third kappa shape index (κ3) is 6.03. The van der Waals surface area contributed by atoms with Crippen LogP contribution in [-0.2, 0) is 19.3 Å². The highest BCUT2D eigenvalue weighted by atomic mass is 127. The van der Waals surface area contributed by atoms with Crippen molar-refractivity contribution < 1.29 is 0 Å². The van der Waals surface area contributed by atoms with E-state index in [0.717, 1.165) is 64.0 Å². The molecular weight excluding hydrogens is 509 g/mol. The van der Waals surface area contributed by atoms with Crippen LogP contribution in [-0.4, -0.2) is 65.1 Å². The number of aliphatic imine (C=N–C) groups is 1. The lowest BCUT2D eigenvalue weighted by Crippen LogP contribution is -2.53. The second-order valence-corrected chi connectivity index (χ2v) is 8.71. The van der Waals surface area contributed by atoms with Crippen LogP contribution in [0, 0.1) is 0 Å². The highest BCUT2D eigenvalue weighted by molar-refractivity contribution is 14.0. The predicted molar refractivity (Wildman–Crippen MR) is 134 cm³/mol. The van der Waals surface area contributed by atoms with Gasteiger partial charge in [0.2, 0.25) is 5.95 Å². The zero-order valence-corrected chi connectivity index (χ0v) is 20.9. The number of piperazine rings is 1. The van der Waals surface area contributed by atoms with Crippen LogP contribution in [0.3, 0.4) is 0 Å². The molecular formula is C21H32IN7S. The molecule has 9 heteroatoms. The molecule has 4 rings (SSSR count). The van der Waals surface area contributed by atoms with Crippen LogP contribution in [0.1, 0.15) is 41.8 Å². The summed E-state index contributed by atoms with van der Waals surface area (Å²) in [6.45, 7) is 7.56. The number of aryl methyl sites for hydroxylation is 3. The van der Waals surface area contributed by atoms with Gasteiger partial charge < -0.3 is 15.1 Å². The maximum absolute atomic E-state index is 4.89. The van der Waals surface area contributed by atoms with Crippen LogP contribution in [0.4, 0.5) is 5.95 Å². The van der Waals surface area contributed by atoms with Crippen molar-refractivity contribution in [1.82, 2.24) is 25.2 Å². The van der Waals surface area contributed by atoms with E-state index in [0.29, 0.717) is 0 Å². The smallest absolute Gasteiger partial charge is 0.225 e. The van der Waals surface area contributed by atoms with Crippen LogP contribution in [0.15, 0.2) is 23.5 Å². The predicted octanol–water partition coefficient (Wildman–Crippen LogP) is 3.15. The van der Waals surface area contributed by atoms with Crippen molar-refractivity contribution in [2.45, 2.75) is 45.4 Å².